The van der Waals surface area contributed by atoms with Crippen LogP contribution in [0.5, 0.6) is 11.5 Å². The number of benzene rings is 2. The minimum atomic E-state index is -4.51. The molecule has 31 heavy (non-hydrogen) atoms. The fourth-order valence-corrected chi connectivity index (χ4v) is 2.83. The second kappa shape index (κ2) is 8.42. The van der Waals surface area contributed by atoms with Crippen molar-refractivity contribution >= 4 is 17.5 Å². The van der Waals surface area contributed by atoms with Gasteiger partial charge in [-0.1, -0.05) is 12.1 Å². The van der Waals surface area contributed by atoms with E-state index >= 15 is 0 Å². The standard InChI is InChI=1S/C21H17F3N2O5/c1-29-17-9-13(19(25)27)14(10-18(17)30-2)26-20(28)16-7-6-15(31-16)11-4-3-5-12(8-11)21(22,23)24/h3-10H,1-2H3,(H2,25,27)(H,26,28). The van der Waals surface area contributed by atoms with Crippen molar-refractivity contribution in [2.75, 3.05) is 19.5 Å². The summed E-state index contributed by atoms with van der Waals surface area (Å²) in [5.74, 6) is -1.20. The number of primary amides is 1. The molecule has 1 aromatic heterocycles. The number of furan rings is 1. The number of hydrogen-bond donors (Lipinski definition) is 2. The zero-order valence-electron chi connectivity index (χ0n) is 16.4. The van der Waals surface area contributed by atoms with Crippen LogP contribution in [-0.4, -0.2) is 26.0 Å². The zero-order valence-corrected chi connectivity index (χ0v) is 16.4. The molecule has 7 nitrogen and oxygen atoms in total. The Morgan fingerprint density at radius 1 is 1.00 bits per heavy atom. The maximum absolute atomic E-state index is 12.9. The van der Waals surface area contributed by atoms with E-state index in [1.54, 1.807) is 0 Å². The quantitative estimate of drug-likeness (QED) is 0.601. The van der Waals surface area contributed by atoms with Crippen LogP contribution >= 0.6 is 0 Å². The number of halogens is 3. The molecule has 3 N–H and O–H groups in total. The summed E-state index contributed by atoms with van der Waals surface area (Å²) in [5, 5.41) is 2.49. The number of ether oxygens (including phenoxy) is 2. The van der Waals surface area contributed by atoms with Crippen molar-refractivity contribution in [1.29, 1.82) is 0 Å². The average Bonchev–Trinajstić information content (AvgIpc) is 3.23. The molecular formula is C21H17F3N2O5. The molecule has 0 unspecified atom stereocenters. The highest BCUT2D eigenvalue weighted by molar-refractivity contribution is 6.08. The number of amides is 2. The van der Waals surface area contributed by atoms with Crippen molar-refractivity contribution in [2.45, 2.75) is 6.18 Å². The minimum absolute atomic E-state index is 0.0318. The van der Waals surface area contributed by atoms with Gasteiger partial charge in [-0.05, 0) is 30.3 Å². The van der Waals surface area contributed by atoms with Gasteiger partial charge in [0.05, 0.1) is 31.0 Å². The normalized spacial score (nSPS) is 11.1. The third kappa shape index (κ3) is 4.63. The predicted octanol–water partition coefficient (Wildman–Crippen LogP) is 4.33. The van der Waals surface area contributed by atoms with E-state index in [1.165, 1.54) is 50.6 Å². The fraction of sp³-hybridized carbons (Fsp3) is 0.143. The highest BCUT2D eigenvalue weighted by Crippen LogP contribution is 2.34. The average molecular weight is 434 g/mol. The van der Waals surface area contributed by atoms with Crippen LogP contribution in [0.25, 0.3) is 11.3 Å². The van der Waals surface area contributed by atoms with Gasteiger partial charge in [0.15, 0.2) is 17.3 Å². The smallest absolute Gasteiger partial charge is 0.416 e. The van der Waals surface area contributed by atoms with E-state index in [2.05, 4.69) is 5.32 Å². The van der Waals surface area contributed by atoms with E-state index in [1.807, 2.05) is 0 Å². The van der Waals surface area contributed by atoms with E-state index in [4.69, 9.17) is 19.6 Å². The van der Waals surface area contributed by atoms with Crippen molar-refractivity contribution in [3.63, 3.8) is 0 Å². The molecule has 1 heterocycles. The Kier molecular flexibility index (Phi) is 5.91. The number of nitrogens with two attached hydrogens (primary N) is 1. The molecule has 0 aliphatic carbocycles. The van der Waals surface area contributed by atoms with Crippen molar-refractivity contribution in [2.24, 2.45) is 5.73 Å². The molecule has 0 fully saturated rings. The van der Waals surface area contributed by atoms with E-state index in [9.17, 15) is 22.8 Å². The first-order valence-corrected chi connectivity index (χ1v) is 8.78. The van der Waals surface area contributed by atoms with Gasteiger partial charge in [-0.15, -0.1) is 0 Å². The molecule has 0 saturated carbocycles. The molecule has 0 aliphatic heterocycles. The van der Waals surface area contributed by atoms with E-state index in [0.717, 1.165) is 12.1 Å². The highest BCUT2D eigenvalue weighted by Gasteiger charge is 2.30. The number of anilines is 1. The Labute approximate surface area is 174 Å². The molecule has 2 aromatic carbocycles. The molecule has 2 amide bonds. The lowest BCUT2D eigenvalue weighted by Crippen LogP contribution is -2.18. The predicted molar refractivity (Wildman–Crippen MR) is 105 cm³/mol. The van der Waals surface area contributed by atoms with E-state index in [0.29, 0.717) is 0 Å². The second-order valence-corrected chi connectivity index (χ2v) is 6.31. The summed E-state index contributed by atoms with van der Waals surface area (Å²) >= 11 is 0. The lowest BCUT2D eigenvalue weighted by Gasteiger charge is -2.13. The van der Waals surface area contributed by atoms with Crippen molar-refractivity contribution in [3.05, 3.63) is 65.4 Å². The van der Waals surface area contributed by atoms with Crippen LogP contribution in [0.4, 0.5) is 18.9 Å². The maximum atomic E-state index is 12.9. The van der Waals surface area contributed by atoms with Gasteiger partial charge < -0.3 is 24.9 Å². The Morgan fingerprint density at radius 2 is 1.68 bits per heavy atom. The summed E-state index contributed by atoms with van der Waals surface area (Å²) in [5.41, 5.74) is 4.70. The number of rotatable bonds is 6. The van der Waals surface area contributed by atoms with Gasteiger partial charge in [-0.2, -0.15) is 13.2 Å². The van der Waals surface area contributed by atoms with Gasteiger partial charge in [-0.25, -0.2) is 0 Å². The molecular weight excluding hydrogens is 417 g/mol. The Morgan fingerprint density at radius 3 is 2.29 bits per heavy atom. The number of carbonyl (C=O) groups is 2. The molecule has 3 aromatic rings. The van der Waals surface area contributed by atoms with Gasteiger partial charge in [0.1, 0.15) is 5.76 Å². The van der Waals surface area contributed by atoms with Crippen LogP contribution in [-0.2, 0) is 6.18 Å². The molecule has 0 radical (unpaired) electrons. The summed E-state index contributed by atoms with van der Waals surface area (Å²) in [4.78, 5) is 24.4. The number of alkyl halides is 3. The Hall–Kier alpha value is -3.95. The second-order valence-electron chi connectivity index (χ2n) is 6.31. The van der Waals surface area contributed by atoms with E-state index < -0.39 is 23.6 Å². The number of nitrogens with one attached hydrogen (secondary N) is 1. The maximum Gasteiger partial charge on any atom is 0.416 e. The summed E-state index contributed by atoms with van der Waals surface area (Å²) in [6.07, 6.45) is -4.51. The first kappa shape index (κ1) is 21.8. The molecule has 0 saturated heterocycles. The van der Waals surface area contributed by atoms with Crippen LogP contribution in [0.15, 0.2) is 52.9 Å². The number of carbonyl (C=O) groups excluding carboxylic acids is 2. The summed E-state index contributed by atoms with van der Waals surface area (Å²) < 4.78 is 54.5. The van der Waals surface area contributed by atoms with Crippen LogP contribution in [0.1, 0.15) is 26.5 Å². The molecule has 0 spiro atoms. The Balaban J connectivity index is 1.90. The first-order valence-electron chi connectivity index (χ1n) is 8.78. The monoisotopic (exact) mass is 434 g/mol. The van der Waals surface area contributed by atoms with Gasteiger partial charge in [0, 0.05) is 11.6 Å². The topological polar surface area (TPSA) is 104 Å². The van der Waals surface area contributed by atoms with Crippen LogP contribution in [0.2, 0.25) is 0 Å². The SMILES string of the molecule is COc1cc(NC(=O)c2ccc(-c3cccc(C(F)(F)F)c3)o2)c(C(N)=O)cc1OC. The van der Waals surface area contributed by atoms with Crippen molar-refractivity contribution < 1.29 is 36.7 Å². The molecule has 0 bridgehead atoms. The molecule has 3 rings (SSSR count). The first-order chi connectivity index (χ1) is 14.6. The molecule has 162 valence electrons. The van der Waals surface area contributed by atoms with Gasteiger partial charge in [-0.3, -0.25) is 9.59 Å². The fourth-order valence-electron chi connectivity index (χ4n) is 2.83. The number of hydrogen-bond acceptors (Lipinski definition) is 5. The third-order valence-electron chi connectivity index (χ3n) is 4.34. The highest BCUT2D eigenvalue weighted by atomic mass is 19.4. The van der Waals surface area contributed by atoms with Crippen molar-refractivity contribution in [3.8, 4) is 22.8 Å². The van der Waals surface area contributed by atoms with Crippen LogP contribution < -0.4 is 20.5 Å². The van der Waals surface area contributed by atoms with Gasteiger partial charge in [0.2, 0.25) is 0 Å². The molecule has 10 heteroatoms. The molecule has 0 aliphatic rings. The lowest BCUT2D eigenvalue weighted by molar-refractivity contribution is -0.137. The van der Waals surface area contributed by atoms with Gasteiger partial charge >= 0.3 is 6.18 Å². The van der Waals surface area contributed by atoms with Crippen molar-refractivity contribution in [1.82, 2.24) is 0 Å². The van der Waals surface area contributed by atoms with Crippen LogP contribution in [0.3, 0.4) is 0 Å². The summed E-state index contributed by atoms with van der Waals surface area (Å²) in [7, 11) is 2.75. The van der Waals surface area contributed by atoms with Crippen LogP contribution in [0, 0.1) is 0 Å². The summed E-state index contributed by atoms with van der Waals surface area (Å²) in [6.45, 7) is 0. The molecule has 0 atom stereocenters. The summed E-state index contributed by atoms with van der Waals surface area (Å²) in [6, 6.07) is 9.85. The lowest BCUT2D eigenvalue weighted by atomic mass is 10.1. The largest absolute Gasteiger partial charge is 0.493 e. The van der Waals surface area contributed by atoms with E-state index in [-0.39, 0.29) is 39.8 Å². The third-order valence-corrected chi connectivity index (χ3v) is 4.34. The van der Waals surface area contributed by atoms with Gasteiger partial charge in [0.25, 0.3) is 11.8 Å². The Bertz CT molecular complexity index is 1140. The minimum Gasteiger partial charge on any atom is -0.493 e. The number of methoxy groups -OCH3 is 2. The zero-order chi connectivity index (χ0) is 22.8.